The van der Waals surface area contributed by atoms with Crippen LogP contribution < -0.4 is 10.6 Å². The van der Waals surface area contributed by atoms with E-state index >= 15 is 0 Å². The van der Waals surface area contributed by atoms with Gasteiger partial charge < -0.3 is 25.4 Å². The second kappa shape index (κ2) is 5.85. The monoisotopic (exact) mass is 243 g/mol. The number of nitrogens with zero attached hydrogens (tertiary/aromatic N) is 1. The summed E-state index contributed by atoms with van der Waals surface area (Å²) in [4.78, 5) is 21.8. The number of amides is 2. The number of carboxylic acid groups (broad SMARTS) is 1. The Morgan fingerprint density at radius 1 is 1.59 bits per heavy atom. The Labute approximate surface area is 96.6 Å². The molecule has 0 saturated heterocycles. The Morgan fingerprint density at radius 3 is 2.76 bits per heavy atom. The van der Waals surface area contributed by atoms with Gasteiger partial charge in [0.05, 0.1) is 13.2 Å². The Bertz CT molecular complexity index is 403. The maximum atomic E-state index is 11.2. The number of aliphatic hydroxyl groups is 1. The van der Waals surface area contributed by atoms with Gasteiger partial charge in [0, 0.05) is 6.07 Å². The molecule has 17 heavy (non-hydrogen) atoms. The summed E-state index contributed by atoms with van der Waals surface area (Å²) < 4.78 is 4.78. The van der Waals surface area contributed by atoms with E-state index in [2.05, 4.69) is 15.8 Å². The predicted molar refractivity (Wildman–Crippen MR) is 55.1 cm³/mol. The number of aromatic nitrogens is 1. The van der Waals surface area contributed by atoms with Crippen molar-refractivity contribution in [2.75, 3.05) is 6.61 Å². The smallest absolute Gasteiger partial charge is 0.328 e. The first kappa shape index (κ1) is 13.0. The van der Waals surface area contributed by atoms with E-state index in [0.717, 1.165) is 0 Å². The lowest BCUT2D eigenvalue weighted by Gasteiger charge is -2.11. The maximum absolute atomic E-state index is 11.2. The zero-order valence-corrected chi connectivity index (χ0v) is 9.14. The van der Waals surface area contributed by atoms with Crippen LogP contribution in [0.25, 0.3) is 0 Å². The van der Waals surface area contributed by atoms with Gasteiger partial charge in [-0.15, -0.1) is 0 Å². The van der Waals surface area contributed by atoms with E-state index in [1.807, 2.05) is 0 Å². The number of carbonyl (C=O) groups is 2. The minimum absolute atomic E-state index is 0.112. The third kappa shape index (κ3) is 4.11. The molecule has 0 fully saturated rings. The van der Waals surface area contributed by atoms with Crippen molar-refractivity contribution in [3.63, 3.8) is 0 Å². The van der Waals surface area contributed by atoms with Crippen molar-refractivity contribution < 1.29 is 24.3 Å². The molecule has 0 radical (unpaired) electrons. The molecule has 0 saturated carbocycles. The molecule has 0 spiro atoms. The van der Waals surface area contributed by atoms with Gasteiger partial charge in [-0.1, -0.05) is 5.16 Å². The third-order valence-corrected chi connectivity index (χ3v) is 1.89. The highest BCUT2D eigenvalue weighted by Gasteiger charge is 2.18. The van der Waals surface area contributed by atoms with Gasteiger partial charge in [0.25, 0.3) is 0 Å². The van der Waals surface area contributed by atoms with Crippen molar-refractivity contribution in [1.29, 1.82) is 0 Å². The lowest BCUT2D eigenvalue weighted by Crippen LogP contribution is -2.47. The molecular weight excluding hydrogens is 230 g/mol. The summed E-state index contributed by atoms with van der Waals surface area (Å²) in [6.07, 6.45) is 0. The highest BCUT2D eigenvalue weighted by atomic mass is 16.5. The van der Waals surface area contributed by atoms with Crippen LogP contribution in [0.5, 0.6) is 0 Å². The van der Waals surface area contributed by atoms with Gasteiger partial charge in [-0.2, -0.15) is 0 Å². The van der Waals surface area contributed by atoms with E-state index in [0.29, 0.717) is 11.5 Å². The van der Waals surface area contributed by atoms with Crippen molar-refractivity contribution in [2.24, 2.45) is 0 Å². The van der Waals surface area contributed by atoms with Gasteiger partial charge in [0.1, 0.15) is 11.5 Å². The summed E-state index contributed by atoms with van der Waals surface area (Å²) in [5.74, 6) is -0.694. The van der Waals surface area contributed by atoms with Gasteiger partial charge >= 0.3 is 12.0 Å². The van der Waals surface area contributed by atoms with Crippen LogP contribution in [-0.2, 0) is 11.3 Å². The van der Waals surface area contributed by atoms with Crippen LogP contribution in [0.1, 0.15) is 11.5 Å². The summed E-state index contributed by atoms with van der Waals surface area (Å²) in [6.45, 7) is 1.15. The van der Waals surface area contributed by atoms with Crippen molar-refractivity contribution >= 4 is 12.0 Å². The van der Waals surface area contributed by atoms with Gasteiger partial charge in [0.2, 0.25) is 0 Å². The molecule has 1 atom stereocenters. The van der Waals surface area contributed by atoms with E-state index < -0.39 is 24.6 Å². The number of nitrogens with one attached hydrogen (secondary N) is 2. The Morgan fingerprint density at radius 2 is 2.29 bits per heavy atom. The first-order valence-corrected chi connectivity index (χ1v) is 4.83. The predicted octanol–water partition coefficient (Wildman–Crippen LogP) is -0.772. The Balaban J connectivity index is 2.37. The number of hydrogen-bond acceptors (Lipinski definition) is 5. The van der Waals surface area contributed by atoms with Gasteiger partial charge in [-0.25, -0.2) is 9.59 Å². The number of carboxylic acids is 1. The molecule has 8 heteroatoms. The summed E-state index contributed by atoms with van der Waals surface area (Å²) in [5, 5.41) is 25.4. The van der Waals surface area contributed by atoms with Crippen molar-refractivity contribution in [2.45, 2.75) is 19.5 Å². The minimum atomic E-state index is -1.32. The van der Waals surface area contributed by atoms with E-state index in [1.165, 1.54) is 0 Å². The zero-order chi connectivity index (χ0) is 12.8. The van der Waals surface area contributed by atoms with E-state index in [9.17, 15) is 9.59 Å². The van der Waals surface area contributed by atoms with Crippen LogP contribution in [0.3, 0.4) is 0 Å². The number of aliphatic hydroxyl groups excluding tert-OH is 1. The molecule has 1 rings (SSSR count). The van der Waals surface area contributed by atoms with Crippen LogP contribution >= 0.6 is 0 Å². The largest absolute Gasteiger partial charge is 0.480 e. The van der Waals surface area contributed by atoms with Crippen molar-refractivity contribution in [1.82, 2.24) is 15.8 Å². The maximum Gasteiger partial charge on any atom is 0.328 e. The van der Waals surface area contributed by atoms with Crippen molar-refractivity contribution in [3.05, 3.63) is 17.5 Å². The fourth-order valence-corrected chi connectivity index (χ4v) is 1.07. The highest BCUT2D eigenvalue weighted by molar-refractivity contribution is 5.82. The van der Waals surface area contributed by atoms with Gasteiger partial charge in [0.15, 0.2) is 6.04 Å². The van der Waals surface area contributed by atoms with Crippen molar-refractivity contribution in [3.8, 4) is 0 Å². The molecule has 4 N–H and O–H groups in total. The SMILES string of the molecule is Cc1cc(CNC(=O)N[C@H](CO)C(=O)O)no1. The number of hydrogen-bond donors (Lipinski definition) is 4. The second-order valence-electron chi connectivity index (χ2n) is 3.33. The molecule has 8 nitrogen and oxygen atoms in total. The van der Waals surface area contributed by atoms with Crippen LogP contribution in [0.4, 0.5) is 4.79 Å². The third-order valence-electron chi connectivity index (χ3n) is 1.89. The average molecular weight is 243 g/mol. The average Bonchev–Trinajstić information content (AvgIpc) is 2.68. The number of carbonyl (C=O) groups excluding carboxylic acids is 1. The lowest BCUT2D eigenvalue weighted by molar-refractivity contribution is -0.140. The molecule has 0 aliphatic rings. The molecule has 0 unspecified atom stereocenters. The summed E-state index contributed by atoms with van der Waals surface area (Å²) in [6, 6.07) is -0.387. The first-order chi connectivity index (χ1) is 8.02. The van der Waals surface area contributed by atoms with Gasteiger partial charge in [-0.05, 0) is 6.92 Å². The van der Waals surface area contributed by atoms with Crippen LogP contribution in [-0.4, -0.2) is 40.0 Å². The normalized spacial score (nSPS) is 11.9. The summed E-state index contributed by atoms with van der Waals surface area (Å²) >= 11 is 0. The summed E-state index contributed by atoms with van der Waals surface area (Å²) in [5.41, 5.74) is 0.522. The van der Waals surface area contributed by atoms with E-state index in [-0.39, 0.29) is 6.54 Å². The molecule has 0 aromatic carbocycles. The molecular formula is C9H13N3O5. The fraction of sp³-hybridized carbons (Fsp3) is 0.444. The molecule has 1 aromatic rings. The quantitative estimate of drug-likeness (QED) is 0.538. The molecule has 2 amide bonds. The first-order valence-electron chi connectivity index (χ1n) is 4.83. The number of aliphatic carboxylic acids is 1. The summed E-state index contributed by atoms with van der Waals surface area (Å²) in [7, 11) is 0. The van der Waals surface area contributed by atoms with Crippen LogP contribution in [0.15, 0.2) is 10.6 Å². The topological polar surface area (TPSA) is 125 Å². The molecule has 0 aliphatic heterocycles. The fourth-order valence-electron chi connectivity index (χ4n) is 1.07. The molecule has 1 aromatic heterocycles. The minimum Gasteiger partial charge on any atom is -0.480 e. The van der Waals surface area contributed by atoms with Crippen LogP contribution in [0.2, 0.25) is 0 Å². The number of aryl methyl sites for hydroxylation is 1. The number of urea groups is 1. The molecule has 0 bridgehead atoms. The Hall–Kier alpha value is -2.09. The van der Waals surface area contributed by atoms with Gasteiger partial charge in [-0.3, -0.25) is 0 Å². The van der Waals surface area contributed by atoms with Crippen LogP contribution in [0, 0.1) is 6.92 Å². The zero-order valence-electron chi connectivity index (χ0n) is 9.14. The highest BCUT2D eigenvalue weighted by Crippen LogP contribution is 2.00. The van der Waals surface area contributed by atoms with E-state index in [4.69, 9.17) is 14.7 Å². The molecule has 1 heterocycles. The molecule has 0 aliphatic carbocycles. The Kier molecular flexibility index (Phi) is 4.46. The standard InChI is InChI=1S/C9H13N3O5/c1-5-2-6(12-17-5)3-10-9(16)11-7(4-13)8(14)15/h2,7,13H,3-4H2,1H3,(H,14,15)(H2,10,11,16)/t7-/m1/s1. The number of rotatable bonds is 5. The lowest BCUT2D eigenvalue weighted by atomic mass is 10.3. The van der Waals surface area contributed by atoms with E-state index in [1.54, 1.807) is 13.0 Å². The molecule has 94 valence electrons. The second-order valence-corrected chi connectivity index (χ2v) is 3.33.